The van der Waals surface area contributed by atoms with Gasteiger partial charge in [0, 0.05) is 6.20 Å². The average molecular weight is 218 g/mol. The molecule has 1 aromatic rings. The number of rotatable bonds is 3. The standard InChI is InChI=1S/C8H14N2O3S/c1-8(9,6-11)7-4-3-5-10(7)14(2,12)13/h3-5,11H,6,9H2,1-2H3. The molecule has 0 radical (unpaired) electrons. The highest BCUT2D eigenvalue weighted by molar-refractivity contribution is 7.89. The smallest absolute Gasteiger partial charge is 0.235 e. The Kier molecular flexibility index (Phi) is 2.71. The van der Waals surface area contributed by atoms with Crippen LogP contribution in [0.1, 0.15) is 12.6 Å². The van der Waals surface area contributed by atoms with Crippen LogP contribution in [-0.4, -0.2) is 30.4 Å². The number of aliphatic hydroxyl groups excluding tert-OH is 1. The van der Waals surface area contributed by atoms with Crippen molar-refractivity contribution in [2.75, 3.05) is 12.9 Å². The molecule has 5 nitrogen and oxygen atoms in total. The van der Waals surface area contributed by atoms with Gasteiger partial charge in [-0.05, 0) is 19.1 Å². The molecule has 6 heteroatoms. The van der Waals surface area contributed by atoms with E-state index in [0.29, 0.717) is 5.69 Å². The second kappa shape index (κ2) is 3.38. The molecule has 0 aliphatic heterocycles. The van der Waals surface area contributed by atoms with Crippen molar-refractivity contribution in [2.24, 2.45) is 5.73 Å². The largest absolute Gasteiger partial charge is 0.394 e. The number of nitrogens with zero attached hydrogens (tertiary/aromatic N) is 1. The Morgan fingerprint density at radius 2 is 2.21 bits per heavy atom. The third-order valence-corrected chi connectivity index (χ3v) is 3.02. The molecule has 0 bridgehead atoms. The molecular formula is C8H14N2O3S. The van der Waals surface area contributed by atoms with Gasteiger partial charge in [-0.15, -0.1) is 0 Å². The summed E-state index contributed by atoms with van der Waals surface area (Å²) in [5.74, 6) is 0. The molecule has 1 unspecified atom stereocenters. The Morgan fingerprint density at radius 3 is 2.64 bits per heavy atom. The fourth-order valence-electron chi connectivity index (χ4n) is 1.18. The van der Waals surface area contributed by atoms with Crippen LogP contribution < -0.4 is 5.73 Å². The van der Waals surface area contributed by atoms with E-state index in [-0.39, 0.29) is 6.61 Å². The molecule has 1 atom stereocenters. The summed E-state index contributed by atoms with van der Waals surface area (Å²) in [7, 11) is -3.36. The number of hydrogen-bond donors (Lipinski definition) is 2. The first-order valence-electron chi connectivity index (χ1n) is 4.07. The molecule has 0 aliphatic rings. The molecule has 0 aromatic carbocycles. The number of aromatic nitrogens is 1. The van der Waals surface area contributed by atoms with E-state index in [4.69, 9.17) is 10.8 Å². The highest BCUT2D eigenvalue weighted by Crippen LogP contribution is 2.18. The Balaban J connectivity index is 3.32. The Morgan fingerprint density at radius 1 is 1.64 bits per heavy atom. The van der Waals surface area contributed by atoms with E-state index in [0.717, 1.165) is 10.2 Å². The minimum Gasteiger partial charge on any atom is -0.394 e. The van der Waals surface area contributed by atoms with Gasteiger partial charge in [0.2, 0.25) is 10.0 Å². The first kappa shape index (κ1) is 11.2. The van der Waals surface area contributed by atoms with Crippen LogP contribution in [0.2, 0.25) is 0 Å². The Hall–Kier alpha value is -0.850. The predicted molar refractivity (Wildman–Crippen MR) is 53.3 cm³/mol. The molecule has 0 spiro atoms. The van der Waals surface area contributed by atoms with Gasteiger partial charge >= 0.3 is 0 Å². The topological polar surface area (TPSA) is 85.3 Å². The lowest BCUT2D eigenvalue weighted by atomic mass is 10.0. The summed E-state index contributed by atoms with van der Waals surface area (Å²) in [4.78, 5) is 0. The van der Waals surface area contributed by atoms with Gasteiger partial charge in [-0.25, -0.2) is 12.4 Å². The van der Waals surface area contributed by atoms with Crippen LogP contribution >= 0.6 is 0 Å². The van der Waals surface area contributed by atoms with Crippen molar-refractivity contribution < 1.29 is 13.5 Å². The summed E-state index contributed by atoms with van der Waals surface area (Å²) in [6.07, 6.45) is 2.50. The molecule has 80 valence electrons. The lowest BCUT2D eigenvalue weighted by Gasteiger charge is -2.23. The van der Waals surface area contributed by atoms with Crippen LogP contribution in [0.5, 0.6) is 0 Å². The van der Waals surface area contributed by atoms with Crippen molar-refractivity contribution in [1.29, 1.82) is 0 Å². The maximum absolute atomic E-state index is 11.3. The van der Waals surface area contributed by atoms with E-state index >= 15 is 0 Å². The predicted octanol–water partition coefficient (Wildman–Crippen LogP) is -0.538. The molecule has 3 N–H and O–H groups in total. The molecule has 1 rings (SSSR count). The van der Waals surface area contributed by atoms with E-state index in [1.54, 1.807) is 19.1 Å². The van der Waals surface area contributed by atoms with E-state index in [2.05, 4.69) is 0 Å². The quantitative estimate of drug-likeness (QED) is 0.713. The van der Waals surface area contributed by atoms with Crippen LogP contribution in [-0.2, 0) is 15.6 Å². The van der Waals surface area contributed by atoms with Crippen LogP contribution in [0.25, 0.3) is 0 Å². The van der Waals surface area contributed by atoms with Crippen LogP contribution in [0.4, 0.5) is 0 Å². The normalized spacial score (nSPS) is 16.6. The maximum atomic E-state index is 11.3. The number of hydrogen-bond acceptors (Lipinski definition) is 4. The lowest BCUT2D eigenvalue weighted by Crippen LogP contribution is -2.39. The first-order chi connectivity index (χ1) is 6.29. The molecule has 0 saturated carbocycles. The van der Waals surface area contributed by atoms with E-state index in [1.165, 1.54) is 6.20 Å². The summed E-state index contributed by atoms with van der Waals surface area (Å²) >= 11 is 0. The summed E-state index contributed by atoms with van der Waals surface area (Å²) in [5.41, 5.74) is 5.07. The number of aliphatic hydroxyl groups is 1. The third kappa shape index (κ3) is 1.97. The molecule has 0 aliphatic carbocycles. The molecule has 0 amide bonds. The van der Waals surface area contributed by atoms with Gasteiger partial charge < -0.3 is 10.8 Å². The molecular weight excluding hydrogens is 204 g/mol. The second-order valence-electron chi connectivity index (χ2n) is 3.53. The van der Waals surface area contributed by atoms with Crippen molar-refractivity contribution in [1.82, 2.24) is 3.97 Å². The van der Waals surface area contributed by atoms with Gasteiger partial charge in [-0.1, -0.05) is 0 Å². The fraction of sp³-hybridized carbons (Fsp3) is 0.500. The Labute approximate surface area is 83.2 Å². The summed E-state index contributed by atoms with van der Waals surface area (Å²) in [6, 6.07) is 3.16. The van der Waals surface area contributed by atoms with Gasteiger partial charge in [0.05, 0.1) is 24.1 Å². The molecule has 1 heterocycles. The highest BCUT2D eigenvalue weighted by atomic mass is 32.2. The minimum absolute atomic E-state index is 0.313. The van der Waals surface area contributed by atoms with Crippen LogP contribution in [0.3, 0.4) is 0 Å². The van der Waals surface area contributed by atoms with Gasteiger partial charge in [0.15, 0.2) is 0 Å². The Bertz CT molecular complexity index is 420. The molecule has 1 aromatic heterocycles. The SMILES string of the molecule is CC(N)(CO)c1cccn1S(C)(=O)=O. The van der Waals surface area contributed by atoms with E-state index in [9.17, 15) is 8.42 Å². The van der Waals surface area contributed by atoms with Gasteiger partial charge in [0.25, 0.3) is 0 Å². The van der Waals surface area contributed by atoms with Crippen molar-refractivity contribution in [3.63, 3.8) is 0 Å². The summed E-state index contributed by atoms with van der Waals surface area (Å²) < 4.78 is 23.7. The van der Waals surface area contributed by atoms with Crippen molar-refractivity contribution in [3.05, 3.63) is 24.0 Å². The first-order valence-corrected chi connectivity index (χ1v) is 5.92. The number of nitrogens with two attached hydrogens (primary N) is 1. The van der Waals surface area contributed by atoms with Gasteiger partial charge in [0.1, 0.15) is 0 Å². The summed E-state index contributed by atoms with van der Waals surface area (Å²) in [5, 5.41) is 9.02. The van der Waals surface area contributed by atoms with Gasteiger partial charge in [-0.2, -0.15) is 0 Å². The van der Waals surface area contributed by atoms with Crippen molar-refractivity contribution in [2.45, 2.75) is 12.5 Å². The fourth-order valence-corrected chi connectivity index (χ4v) is 2.10. The molecule has 0 saturated heterocycles. The van der Waals surface area contributed by atoms with E-state index in [1.807, 2.05) is 0 Å². The van der Waals surface area contributed by atoms with Crippen LogP contribution in [0, 0.1) is 0 Å². The van der Waals surface area contributed by atoms with Crippen molar-refractivity contribution >= 4 is 10.0 Å². The zero-order valence-electron chi connectivity index (χ0n) is 8.14. The third-order valence-electron chi connectivity index (χ3n) is 1.98. The maximum Gasteiger partial charge on any atom is 0.235 e. The highest BCUT2D eigenvalue weighted by Gasteiger charge is 2.26. The van der Waals surface area contributed by atoms with Crippen LogP contribution in [0.15, 0.2) is 18.3 Å². The van der Waals surface area contributed by atoms with Crippen molar-refractivity contribution in [3.8, 4) is 0 Å². The molecule has 14 heavy (non-hydrogen) atoms. The zero-order chi connectivity index (χ0) is 11.0. The van der Waals surface area contributed by atoms with E-state index < -0.39 is 15.6 Å². The monoisotopic (exact) mass is 218 g/mol. The average Bonchev–Trinajstić information content (AvgIpc) is 2.51. The summed E-state index contributed by atoms with van der Waals surface area (Å²) in [6.45, 7) is 1.26. The van der Waals surface area contributed by atoms with Gasteiger partial charge in [-0.3, -0.25) is 0 Å². The lowest BCUT2D eigenvalue weighted by molar-refractivity contribution is 0.206. The zero-order valence-corrected chi connectivity index (χ0v) is 8.95. The second-order valence-corrected chi connectivity index (χ2v) is 5.39. The molecule has 0 fully saturated rings. The minimum atomic E-state index is -3.36.